The van der Waals surface area contributed by atoms with E-state index >= 15 is 0 Å². The molecule has 5 nitrogen and oxygen atoms in total. The minimum Gasteiger partial charge on any atom is -0.452 e. The van der Waals surface area contributed by atoms with Gasteiger partial charge in [-0.1, -0.05) is 6.92 Å². The summed E-state index contributed by atoms with van der Waals surface area (Å²) in [6.07, 6.45) is 2.15. The SMILES string of the molecule is CNCc1cc(S(=O)(=O)NCC2(C)CC2)c(Br)o1. The zero-order valence-electron chi connectivity index (χ0n) is 10.4. The molecule has 2 N–H and O–H groups in total. The molecule has 102 valence electrons. The van der Waals surface area contributed by atoms with Gasteiger partial charge in [0.15, 0.2) is 4.67 Å². The van der Waals surface area contributed by atoms with Crippen LogP contribution in [0, 0.1) is 5.41 Å². The Morgan fingerprint density at radius 3 is 2.72 bits per heavy atom. The third kappa shape index (κ3) is 3.14. The quantitative estimate of drug-likeness (QED) is 0.831. The van der Waals surface area contributed by atoms with Gasteiger partial charge in [0.2, 0.25) is 10.0 Å². The topological polar surface area (TPSA) is 71.3 Å². The van der Waals surface area contributed by atoms with Gasteiger partial charge < -0.3 is 9.73 Å². The Bertz CT molecular complexity index is 534. The van der Waals surface area contributed by atoms with Crippen LogP contribution in [-0.2, 0) is 16.6 Å². The van der Waals surface area contributed by atoms with Gasteiger partial charge in [0, 0.05) is 12.6 Å². The first-order valence-corrected chi connectivity index (χ1v) is 8.06. The average Bonchev–Trinajstić information content (AvgIpc) is 2.90. The lowest BCUT2D eigenvalue weighted by molar-refractivity contribution is 0.469. The van der Waals surface area contributed by atoms with Crippen LogP contribution >= 0.6 is 15.9 Å². The van der Waals surface area contributed by atoms with Gasteiger partial charge in [-0.2, -0.15) is 0 Å². The zero-order valence-corrected chi connectivity index (χ0v) is 12.8. The van der Waals surface area contributed by atoms with Gasteiger partial charge in [-0.05, 0) is 41.2 Å². The minimum absolute atomic E-state index is 0.136. The summed E-state index contributed by atoms with van der Waals surface area (Å²) >= 11 is 3.15. The Kier molecular flexibility index (Phi) is 3.87. The Morgan fingerprint density at radius 2 is 2.17 bits per heavy atom. The van der Waals surface area contributed by atoms with Gasteiger partial charge in [-0.3, -0.25) is 0 Å². The van der Waals surface area contributed by atoms with Crippen LogP contribution in [0.1, 0.15) is 25.5 Å². The van der Waals surface area contributed by atoms with Gasteiger partial charge in [-0.25, -0.2) is 13.1 Å². The number of sulfonamides is 1. The second kappa shape index (κ2) is 4.96. The molecule has 7 heteroatoms. The smallest absolute Gasteiger partial charge is 0.244 e. The largest absolute Gasteiger partial charge is 0.452 e. The van der Waals surface area contributed by atoms with Crippen molar-refractivity contribution in [1.29, 1.82) is 0 Å². The van der Waals surface area contributed by atoms with Crippen molar-refractivity contribution in [2.75, 3.05) is 13.6 Å². The van der Waals surface area contributed by atoms with Crippen molar-refractivity contribution in [3.63, 3.8) is 0 Å². The second-order valence-electron chi connectivity index (χ2n) is 5.02. The maximum atomic E-state index is 12.1. The van der Waals surface area contributed by atoms with Gasteiger partial charge in [-0.15, -0.1) is 0 Å². The van der Waals surface area contributed by atoms with Crippen molar-refractivity contribution < 1.29 is 12.8 Å². The molecule has 0 amide bonds. The van der Waals surface area contributed by atoms with Crippen LogP contribution in [0.3, 0.4) is 0 Å². The van der Waals surface area contributed by atoms with Crippen molar-refractivity contribution in [2.24, 2.45) is 5.41 Å². The van der Waals surface area contributed by atoms with E-state index in [0.717, 1.165) is 12.8 Å². The summed E-state index contributed by atoms with van der Waals surface area (Å²) in [7, 11) is -1.73. The molecule has 0 aliphatic heterocycles. The molecule has 1 fully saturated rings. The van der Waals surface area contributed by atoms with Gasteiger partial charge in [0.05, 0.1) is 6.54 Å². The van der Waals surface area contributed by atoms with E-state index in [4.69, 9.17) is 4.42 Å². The summed E-state index contributed by atoms with van der Waals surface area (Å²) in [6, 6.07) is 1.54. The molecule has 1 aliphatic carbocycles. The number of rotatable bonds is 6. The first kappa shape index (κ1) is 14.0. The molecule has 1 aromatic heterocycles. The fourth-order valence-corrected chi connectivity index (χ4v) is 3.77. The van der Waals surface area contributed by atoms with Gasteiger partial charge in [0.25, 0.3) is 0 Å². The van der Waals surface area contributed by atoms with E-state index in [1.165, 1.54) is 6.07 Å². The van der Waals surface area contributed by atoms with Crippen molar-refractivity contribution >= 4 is 26.0 Å². The number of hydrogen-bond donors (Lipinski definition) is 2. The lowest BCUT2D eigenvalue weighted by Crippen LogP contribution is -2.29. The van der Waals surface area contributed by atoms with Crippen LogP contribution in [0.2, 0.25) is 0 Å². The van der Waals surface area contributed by atoms with Crippen LogP contribution in [0.4, 0.5) is 0 Å². The normalized spacial score (nSPS) is 17.9. The van der Waals surface area contributed by atoms with Crippen LogP contribution in [-0.4, -0.2) is 22.0 Å². The Balaban J connectivity index is 2.13. The van der Waals surface area contributed by atoms with Crippen molar-refractivity contribution in [3.05, 3.63) is 16.5 Å². The van der Waals surface area contributed by atoms with Crippen molar-refractivity contribution in [2.45, 2.75) is 31.2 Å². The van der Waals surface area contributed by atoms with Crippen molar-refractivity contribution in [1.82, 2.24) is 10.0 Å². The number of halogens is 1. The lowest BCUT2D eigenvalue weighted by Gasteiger charge is -2.09. The maximum Gasteiger partial charge on any atom is 0.244 e. The van der Waals surface area contributed by atoms with Crippen LogP contribution < -0.4 is 10.0 Å². The Labute approximate surface area is 116 Å². The molecule has 0 radical (unpaired) electrons. The molecule has 1 saturated carbocycles. The average molecular weight is 337 g/mol. The summed E-state index contributed by atoms with van der Waals surface area (Å²) < 4.78 is 32.5. The summed E-state index contributed by atoms with van der Waals surface area (Å²) in [5, 5.41) is 2.91. The summed E-state index contributed by atoms with van der Waals surface area (Å²) in [6.45, 7) is 3.05. The molecule has 0 saturated heterocycles. The van der Waals surface area contributed by atoms with Crippen LogP contribution in [0.25, 0.3) is 0 Å². The van der Waals surface area contributed by atoms with E-state index < -0.39 is 10.0 Å². The third-order valence-corrected chi connectivity index (χ3v) is 5.40. The van der Waals surface area contributed by atoms with Crippen molar-refractivity contribution in [3.8, 4) is 0 Å². The lowest BCUT2D eigenvalue weighted by atomic mass is 10.2. The molecule has 1 aromatic rings. The molecule has 0 bridgehead atoms. The molecule has 2 rings (SSSR count). The highest BCUT2D eigenvalue weighted by molar-refractivity contribution is 9.10. The summed E-state index contributed by atoms with van der Waals surface area (Å²) in [4.78, 5) is 0.164. The molecule has 0 atom stereocenters. The maximum absolute atomic E-state index is 12.1. The van der Waals surface area contributed by atoms with Gasteiger partial charge in [0.1, 0.15) is 10.7 Å². The third-order valence-electron chi connectivity index (χ3n) is 3.14. The predicted molar refractivity (Wildman–Crippen MR) is 71.7 cm³/mol. The van der Waals surface area contributed by atoms with E-state index in [9.17, 15) is 8.42 Å². The Hall–Kier alpha value is -0.370. The van der Waals surface area contributed by atoms with E-state index in [2.05, 4.69) is 32.9 Å². The number of nitrogens with one attached hydrogen (secondary N) is 2. The molecule has 0 aromatic carbocycles. The van der Waals surface area contributed by atoms with Crippen LogP contribution in [0.15, 0.2) is 20.0 Å². The Morgan fingerprint density at radius 1 is 1.50 bits per heavy atom. The van der Waals surface area contributed by atoms with E-state index in [1.54, 1.807) is 7.05 Å². The van der Waals surface area contributed by atoms with E-state index in [-0.39, 0.29) is 15.0 Å². The second-order valence-corrected chi connectivity index (χ2v) is 7.47. The molecule has 18 heavy (non-hydrogen) atoms. The molecule has 1 heterocycles. The summed E-state index contributed by atoms with van der Waals surface area (Å²) in [5.74, 6) is 0.586. The highest BCUT2D eigenvalue weighted by Gasteiger charge is 2.38. The first-order valence-electron chi connectivity index (χ1n) is 5.79. The minimum atomic E-state index is -3.50. The molecule has 1 aliphatic rings. The fraction of sp³-hybridized carbons (Fsp3) is 0.636. The predicted octanol–water partition coefficient (Wildman–Crippen LogP) is 1.84. The number of hydrogen-bond acceptors (Lipinski definition) is 4. The number of furan rings is 1. The molecular formula is C11H17BrN2O3S. The zero-order chi connectivity index (χ0) is 13.4. The highest BCUT2D eigenvalue weighted by atomic mass is 79.9. The summed E-state index contributed by atoms with van der Waals surface area (Å²) in [5.41, 5.74) is 0.136. The van der Waals surface area contributed by atoms with Crippen LogP contribution in [0.5, 0.6) is 0 Å². The first-order chi connectivity index (χ1) is 8.36. The monoisotopic (exact) mass is 336 g/mol. The van der Waals surface area contributed by atoms with Gasteiger partial charge >= 0.3 is 0 Å². The molecular weight excluding hydrogens is 320 g/mol. The highest BCUT2D eigenvalue weighted by Crippen LogP contribution is 2.44. The van der Waals surface area contributed by atoms with E-state index in [1.807, 2.05) is 0 Å². The molecule has 0 spiro atoms. The van der Waals surface area contributed by atoms with E-state index in [0.29, 0.717) is 18.8 Å². The molecule has 0 unspecified atom stereocenters. The fourth-order valence-electron chi connectivity index (χ4n) is 1.58. The standard InChI is InChI=1S/C11H17BrN2O3S/c1-11(3-4-11)7-14-18(15,16)9-5-8(6-13-2)17-10(9)12/h5,13-14H,3-4,6-7H2,1-2H3.